The van der Waals surface area contributed by atoms with Crippen LogP contribution in [0.3, 0.4) is 0 Å². The highest BCUT2D eigenvalue weighted by molar-refractivity contribution is 9.09. The van der Waals surface area contributed by atoms with Gasteiger partial charge in [-0.25, -0.2) is 4.68 Å². The van der Waals surface area contributed by atoms with Crippen molar-refractivity contribution in [2.75, 3.05) is 13.7 Å². The first-order chi connectivity index (χ1) is 18.9. The van der Waals surface area contributed by atoms with Crippen LogP contribution in [0.5, 0.6) is 0 Å². The van der Waals surface area contributed by atoms with E-state index in [1.165, 1.54) is 0 Å². The lowest BCUT2D eigenvalue weighted by molar-refractivity contribution is -0.142. The van der Waals surface area contributed by atoms with Crippen molar-refractivity contribution in [3.8, 4) is 0 Å². The number of aromatic nitrogens is 3. The molecule has 3 unspecified atom stereocenters. The molecular formula is C27H29BrN6O4S. The Bertz CT molecular complexity index is 1420. The van der Waals surface area contributed by atoms with Crippen LogP contribution >= 0.6 is 27.7 Å². The largest absolute Gasteiger partial charge is 0.394 e. The summed E-state index contributed by atoms with van der Waals surface area (Å²) in [7, 11) is 1.57. The highest BCUT2D eigenvalue weighted by Gasteiger charge is 2.76. The Morgan fingerprint density at radius 1 is 1.18 bits per heavy atom. The second-order valence-electron chi connectivity index (χ2n) is 10.3. The third-order valence-electron chi connectivity index (χ3n) is 8.27. The summed E-state index contributed by atoms with van der Waals surface area (Å²) in [4.78, 5) is 42.9. The summed E-state index contributed by atoms with van der Waals surface area (Å²) in [5.41, 5.74) is 2.44. The minimum Gasteiger partial charge on any atom is -0.394 e. The van der Waals surface area contributed by atoms with Crippen LogP contribution < -0.4 is 10.6 Å². The molecule has 1 aromatic heterocycles. The van der Waals surface area contributed by atoms with Crippen molar-refractivity contribution < 1.29 is 19.5 Å². The van der Waals surface area contributed by atoms with Gasteiger partial charge in [-0.2, -0.15) is 0 Å². The minimum atomic E-state index is -0.865. The lowest BCUT2D eigenvalue weighted by atomic mass is 9.70. The van der Waals surface area contributed by atoms with E-state index in [9.17, 15) is 19.5 Å². The van der Waals surface area contributed by atoms with Gasteiger partial charge in [-0.15, -0.1) is 16.9 Å². The summed E-state index contributed by atoms with van der Waals surface area (Å²) < 4.78 is 0.808. The molecule has 3 fully saturated rings. The van der Waals surface area contributed by atoms with Gasteiger partial charge in [-0.1, -0.05) is 63.6 Å². The van der Waals surface area contributed by atoms with E-state index < -0.39 is 28.7 Å². The van der Waals surface area contributed by atoms with Gasteiger partial charge in [0.05, 0.1) is 34.7 Å². The van der Waals surface area contributed by atoms with Gasteiger partial charge in [0.25, 0.3) is 0 Å². The van der Waals surface area contributed by atoms with Crippen LogP contribution in [0, 0.1) is 11.8 Å². The molecule has 39 heavy (non-hydrogen) atoms. The number of halogens is 1. The van der Waals surface area contributed by atoms with Gasteiger partial charge >= 0.3 is 0 Å². The van der Waals surface area contributed by atoms with Crippen LogP contribution in [0.25, 0.3) is 11.0 Å². The van der Waals surface area contributed by atoms with E-state index in [0.29, 0.717) is 18.4 Å². The van der Waals surface area contributed by atoms with E-state index in [1.807, 2.05) is 54.6 Å². The molecule has 10 nitrogen and oxygen atoms in total. The van der Waals surface area contributed by atoms with E-state index >= 15 is 0 Å². The van der Waals surface area contributed by atoms with Crippen LogP contribution in [-0.2, 0) is 27.5 Å². The predicted molar refractivity (Wildman–Crippen MR) is 150 cm³/mol. The van der Waals surface area contributed by atoms with E-state index in [4.69, 9.17) is 0 Å². The molecule has 0 radical (unpaired) electrons. The van der Waals surface area contributed by atoms with Crippen LogP contribution in [0.15, 0.2) is 54.6 Å². The molecule has 2 aromatic carbocycles. The number of amides is 3. The van der Waals surface area contributed by atoms with Gasteiger partial charge in [-0.3, -0.25) is 14.4 Å². The summed E-state index contributed by atoms with van der Waals surface area (Å²) in [6.07, 6.45) is 0.955. The number of nitrogens with zero attached hydrogens (tertiary/aromatic N) is 4. The van der Waals surface area contributed by atoms with Crippen molar-refractivity contribution in [2.45, 2.75) is 46.4 Å². The highest BCUT2D eigenvalue weighted by Crippen LogP contribution is 2.67. The molecule has 6 rings (SSSR count). The molecule has 4 heterocycles. The topological polar surface area (TPSA) is 129 Å². The number of carbonyl (C=O) groups is 3. The predicted octanol–water partition coefficient (Wildman–Crippen LogP) is 1.32. The molecular weight excluding hydrogens is 584 g/mol. The molecule has 3 aliphatic rings. The Balaban J connectivity index is 1.36. The molecule has 3 aliphatic heterocycles. The average Bonchev–Trinajstić information content (AvgIpc) is 3.67. The van der Waals surface area contributed by atoms with Gasteiger partial charge in [0.15, 0.2) is 0 Å². The third-order valence-corrected chi connectivity index (χ3v) is 11.5. The second kappa shape index (κ2) is 10.2. The number of nitrogens with one attached hydrogen (secondary N) is 2. The number of hydrogen-bond acceptors (Lipinski definition) is 7. The SMILES string of the molecule is CNC(=O)[C@H]1[C@@H]2SC3(CC2Br)C(C(=O)NCn2nnc4ccccc42)N([C@@H](CO)Cc2ccccc2)C(=O)[C@H]13. The number of carbonyl (C=O) groups excluding carboxylic acids is 3. The number of likely N-dealkylation sites (tertiary alicyclic amines) is 1. The van der Waals surface area contributed by atoms with E-state index in [-0.39, 0.29) is 41.1 Å². The van der Waals surface area contributed by atoms with E-state index in [0.717, 1.165) is 11.1 Å². The van der Waals surface area contributed by atoms with Gasteiger partial charge in [-0.05, 0) is 30.5 Å². The Hall–Kier alpha value is -2.96. The first kappa shape index (κ1) is 26.3. The van der Waals surface area contributed by atoms with Crippen molar-refractivity contribution in [1.82, 2.24) is 30.5 Å². The first-order valence-corrected chi connectivity index (χ1v) is 14.8. The maximum absolute atomic E-state index is 14.2. The molecule has 2 bridgehead atoms. The molecule has 3 aromatic rings. The molecule has 204 valence electrons. The summed E-state index contributed by atoms with van der Waals surface area (Å²) in [5, 5.41) is 24.4. The van der Waals surface area contributed by atoms with Crippen LogP contribution in [0.2, 0.25) is 0 Å². The molecule has 0 aliphatic carbocycles. The molecule has 1 spiro atoms. The maximum atomic E-state index is 14.2. The molecule has 3 N–H and O–H groups in total. The molecule has 12 heteroatoms. The molecule has 3 amide bonds. The van der Waals surface area contributed by atoms with Crippen LogP contribution in [0.1, 0.15) is 12.0 Å². The van der Waals surface area contributed by atoms with Gasteiger partial charge < -0.3 is 20.6 Å². The fraction of sp³-hybridized carbons (Fsp3) is 0.444. The van der Waals surface area contributed by atoms with E-state index in [1.54, 1.807) is 28.4 Å². The Morgan fingerprint density at radius 3 is 2.67 bits per heavy atom. The average molecular weight is 614 g/mol. The van der Waals surface area contributed by atoms with Crippen molar-refractivity contribution >= 4 is 56.4 Å². The summed E-state index contributed by atoms with van der Waals surface area (Å²) in [5.74, 6) is -2.01. The van der Waals surface area contributed by atoms with Crippen LogP contribution in [-0.4, -0.2) is 83.3 Å². The highest BCUT2D eigenvalue weighted by atomic mass is 79.9. The van der Waals surface area contributed by atoms with E-state index in [2.05, 4.69) is 36.9 Å². The monoisotopic (exact) mass is 612 g/mol. The lowest BCUT2D eigenvalue weighted by Gasteiger charge is -2.37. The zero-order valence-electron chi connectivity index (χ0n) is 21.2. The third kappa shape index (κ3) is 4.15. The van der Waals surface area contributed by atoms with Crippen LogP contribution in [0.4, 0.5) is 0 Å². The smallest absolute Gasteiger partial charge is 0.245 e. The Labute approximate surface area is 238 Å². The fourth-order valence-corrected chi connectivity index (χ4v) is 10.2. The number of thioether (sulfide) groups is 1. The maximum Gasteiger partial charge on any atom is 0.245 e. The number of hydrogen-bond donors (Lipinski definition) is 3. The number of para-hydroxylation sites is 1. The standard InChI is InChI=1S/C27H29BrN6O4S/c1-29-24(36)20-21-26(38)34(16(13-35)11-15-7-3-2-4-8-15)23(27(21)12-17(28)22(20)39-27)25(37)30-14-33-19-10-6-5-9-18(19)31-32-33/h2-10,16-17,20-23,35H,11-14H2,1H3,(H,29,36)(H,30,37)/t16-,17?,20-,21+,22-,23?,27?/m1/s1. The number of aliphatic hydroxyl groups excluding tert-OH is 1. The number of aliphatic hydroxyl groups is 1. The number of benzene rings is 2. The minimum absolute atomic E-state index is 0.0231. The van der Waals surface area contributed by atoms with Crippen molar-refractivity contribution in [2.24, 2.45) is 11.8 Å². The molecule has 3 saturated heterocycles. The zero-order chi connectivity index (χ0) is 27.3. The number of fused-ring (bicyclic) bond motifs is 2. The molecule has 7 atom stereocenters. The lowest BCUT2D eigenvalue weighted by Crippen LogP contribution is -2.57. The number of alkyl halides is 1. The summed E-state index contributed by atoms with van der Waals surface area (Å²) >= 11 is 5.32. The normalized spacial score (nSPS) is 30.0. The van der Waals surface area contributed by atoms with Gasteiger partial charge in [0.1, 0.15) is 18.2 Å². The zero-order valence-corrected chi connectivity index (χ0v) is 23.6. The summed E-state index contributed by atoms with van der Waals surface area (Å²) in [6.45, 7) is -0.233. The van der Waals surface area contributed by atoms with Gasteiger partial charge in [0.2, 0.25) is 17.7 Å². The Morgan fingerprint density at radius 2 is 1.92 bits per heavy atom. The van der Waals surface area contributed by atoms with Crippen molar-refractivity contribution in [1.29, 1.82) is 0 Å². The second-order valence-corrected chi connectivity index (χ2v) is 13.0. The van der Waals surface area contributed by atoms with Crippen molar-refractivity contribution in [3.05, 3.63) is 60.2 Å². The van der Waals surface area contributed by atoms with Gasteiger partial charge in [0, 0.05) is 17.1 Å². The fourth-order valence-electron chi connectivity index (χ4n) is 6.65. The number of rotatable bonds is 8. The summed E-state index contributed by atoms with van der Waals surface area (Å²) in [6, 6.07) is 15.6. The quantitative estimate of drug-likeness (QED) is 0.327. The Kier molecular flexibility index (Phi) is 6.88. The van der Waals surface area contributed by atoms with Crippen molar-refractivity contribution in [3.63, 3.8) is 0 Å². The first-order valence-electron chi connectivity index (χ1n) is 13.0. The molecule has 0 saturated carbocycles.